The van der Waals surface area contributed by atoms with Gasteiger partial charge in [-0.1, -0.05) is 18.1 Å². The van der Waals surface area contributed by atoms with Gasteiger partial charge in [-0.15, -0.1) is 0 Å². The van der Waals surface area contributed by atoms with E-state index in [9.17, 15) is 4.79 Å². The molecule has 4 heteroatoms. The van der Waals surface area contributed by atoms with Gasteiger partial charge in [0.25, 0.3) is 5.91 Å². The maximum atomic E-state index is 12.4. The van der Waals surface area contributed by atoms with Gasteiger partial charge in [-0.05, 0) is 55.9 Å². The number of nitrogens with zero attached hydrogens (tertiary/aromatic N) is 1. The third kappa shape index (κ3) is 2.71. The lowest BCUT2D eigenvalue weighted by Gasteiger charge is -2.16. The van der Waals surface area contributed by atoms with Crippen LogP contribution >= 0.6 is 0 Å². The standard InChI is InChI=1S/C17H20N2O2/c1-10-4-7-15-14(8-10)16(19-21-15)17(20)18-13-6-5-11(2)12(3)9-13/h5-6,9-10H,4,7-8H2,1-3H3,(H,18,20)/t10-/m0/s1. The molecule has 0 fully saturated rings. The maximum Gasteiger partial charge on any atom is 0.278 e. The minimum atomic E-state index is -0.183. The molecular formula is C17H20N2O2. The van der Waals surface area contributed by atoms with Gasteiger partial charge in [0.1, 0.15) is 5.76 Å². The van der Waals surface area contributed by atoms with Crippen LogP contribution in [0, 0.1) is 19.8 Å². The summed E-state index contributed by atoms with van der Waals surface area (Å²) < 4.78 is 5.33. The van der Waals surface area contributed by atoms with Crippen molar-refractivity contribution in [1.82, 2.24) is 5.16 Å². The van der Waals surface area contributed by atoms with E-state index in [0.717, 1.165) is 41.8 Å². The minimum absolute atomic E-state index is 0.183. The van der Waals surface area contributed by atoms with E-state index in [1.54, 1.807) is 0 Å². The van der Waals surface area contributed by atoms with E-state index in [2.05, 4.69) is 24.3 Å². The van der Waals surface area contributed by atoms with E-state index in [1.165, 1.54) is 5.56 Å². The molecule has 0 radical (unpaired) electrons. The Morgan fingerprint density at radius 1 is 1.33 bits per heavy atom. The van der Waals surface area contributed by atoms with Crippen LogP contribution in [0.15, 0.2) is 22.7 Å². The summed E-state index contributed by atoms with van der Waals surface area (Å²) in [5.41, 5.74) is 4.58. The van der Waals surface area contributed by atoms with Crippen LogP contribution in [0.2, 0.25) is 0 Å². The highest BCUT2D eigenvalue weighted by Crippen LogP contribution is 2.28. The molecule has 0 spiro atoms. The molecular weight excluding hydrogens is 264 g/mol. The third-order valence-electron chi connectivity index (χ3n) is 4.27. The Balaban J connectivity index is 1.83. The number of carbonyl (C=O) groups excluding carboxylic acids is 1. The third-order valence-corrected chi connectivity index (χ3v) is 4.27. The van der Waals surface area contributed by atoms with Crippen LogP contribution < -0.4 is 5.32 Å². The lowest BCUT2D eigenvalue weighted by Crippen LogP contribution is -2.18. The first-order chi connectivity index (χ1) is 10.0. The van der Waals surface area contributed by atoms with Crippen molar-refractivity contribution in [2.45, 2.75) is 40.0 Å². The summed E-state index contributed by atoms with van der Waals surface area (Å²) in [6.45, 7) is 6.28. The second kappa shape index (κ2) is 5.35. The van der Waals surface area contributed by atoms with Crippen molar-refractivity contribution in [3.05, 3.63) is 46.3 Å². The average molecular weight is 284 g/mol. The fourth-order valence-electron chi connectivity index (χ4n) is 2.77. The molecule has 1 aromatic heterocycles. The molecule has 0 saturated heterocycles. The molecule has 1 N–H and O–H groups in total. The molecule has 1 aromatic carbocycles. The number of hydrogen-bond donors (Lipinski definition) is 1. The van der Waals surface area contributed by atoms with Crippen molar-refractivity contribution in [3.8, 4) is 0 Å². The number of fused-ring (bicyclic) bond motifs is 1. The van der Waals surface area contributed by atoms with Gasteiger partial charge in [-0.3, -0.25) is 4.79 Å². The highest BCUT2D eigenvalue weighted by molar-refractivity contribution is 6.04. The number of nitrogens with one attached hydrogen (secondary N) is 1. The molecule has 1 atom stereocenters. The molecule has 1 amide bonds. The Labute approximate surface area is 124 Å². The summed E-state index contributed by atoms with van der Waals surface area (Å²) in [7, 11) is 0. The highest BCUT2D eigenvalue weighted by atomic mass is 16.5. The van der Waals surface area contributed by atoms with Crippen molar-refractivity contribution in [2.24, 2.45) is 5.92 Å². The number of benzene rings is 1. The molecule has 3 rings (SSSR count). The molecule has 1 heterocycles. The summed E-state index contributed by atoms with van der Waals surface area (Å²) >= 11 is 0. The first-order valence-corrected chi connectivity index (χ1v) is 7.40. The van der Waals surface area contributed by atoms with Gasteiger partial charge in [-0.2, -0.15) is 0 Å². The second-order valence-corrected chi connectivity index (χ2v) is 6.03. The fourth-order valence-corrected chi connectivity index (χ4v) is 2.77. The van der Waals surface area contributed by atoms with Gasteiger partial charge in [0.05, 0.1) is 0 Å². The molecule has 4 nitrogen and oxygen atoms in total. The van der Waals surface area contributed by atoms with E-state index in [4.69, 9.17) is 4.52 Å². The van der Waals surface area contributed by atoms with Gasteiger partial charge in [0, 0.05) is 17.7 Å². The predicted octanol–water partition coefficient (Wildman–Crippen LogP) is 3.67. The monoisotopic (exact) mass is 284 g/mol. The Kier molecular flexibility index (Phi) is 3.53. The molecule has 2 aromatic rings. The summed E-state index contributed by atoms with van der Waals surface area (Å²) in [5, 5.41) is 6.90. The molecule has 1 aliphatic carbocycles. The van der Waals surface area contributed by atoms with Gasteiger partial charge < -0.3 is 9.84 Å². The van der Waals surface area contributed by atoms with E-state index in [1.807, 2.05) is 25.1 Å². The normalized spacial score (nSPS) is 17.4. The van der Waals surface area contributed by atoms with Crippen molar-refractivity contribution < 1.29 is 9.32 Å². The first-order valence-electron chi connectivity index (χ1n) is 7.40. The first kappa shape index (κ1) is 13.9. The second-order valence-electron chi connectivity index (χ2n) is 6.03. The average Bonchev–Trinajstić information content (AvgIpc) is 2.86. The number of amides is 1. The van der Waals surface area contributed by atoms with Gasteiger partial charge >= 0.3 is 0 Å². The Hall–Kier alpha value is -2.10. The zero-order valence-corrected chi connectivity index (χ0v) is 12.7. The topological polar surface area (TPSA) is 55.1 Å². The molecule has 110 valence electrons. The smallest absolute Gasteiger partial charge is 0.278 e. The molecule has 21 heavy (non-hydrogen) atoms. The number of aryl methyl sites for hydroxylation is 3. The molecule has 0 unspecified atom stereocenters. The zero-order valence-electron chi connectivity index (χ0n) is 12.7. The summed E-state index contributed by atoms with van der Waals surface area (Å²) in [6, 6.07) is 5.89. The van der Waals surface area contributed by atoms with Crippen LogP contribution in [0.4, 0.5) is 5.69 Å². The lowest BCUT2D eigenvalue weighted by molar-refractivity contribution is 0.101. The summed E-state index contributed by atoms with van der Waals surface area (Å²) in [5.74, 6) is 1.26. The van der Waals surface area contributed by atoms with Crippen LogP contribution in [0.1, 0.15) is 46.3 Å². The van der Waals surface area contributed by atoms with E-state index >= 15 is 0 Å². The van der Waals surface area contributed by atoms with Crippen molar-refractivity contribution >= 4 is 11.6 Å². The number of aromatic nitrogens is 1. The Bertz CT molecular complexity index is 688. The van der Waals surface area contributed by atoms with Gasteiger partial charge in [-0.25, -0.2) is 0 Å². The van der Waals surface area contributed by atoms with E-state index in [0.29, 0.717) is 11.6 Å². The van der Waals surface area contributed by atoms with Gasteiger partial charge in [0.15, 0.2) is 5.69 Å². The van der Waals surface area contributed by atoms with Crippen molar-refractivity contribution in [3.63, 3.8) is 0 Å². The van der Waals surface area contributed by atoms with Crippen LogP contribution in [-0.4, -0.2) is 11.1 Å². The van der Waals surface area contributed by atoms with Crippen LogP contribution in [-0.2, 0) is 12.8 Å². The zero-order chi connectivity index (χ0) is 15.0. The fraction of sp³-hybridized carbons (Fsp3) is 0.412. The Morgan fingerprint density at radius 2 is 2.14 bits per heavy atom. The van der Waals surface area contributed by atoms with E-state index in [-0.39, 0.29) is 5.91 Å². The number of carbonyl (C=O) groups is 1. The van der Waals surface area contributed by atoms with Crippen LogP contribution in [0.25, 0.3) is 0 Å². The number of anilines is 1. The lowest BCUT2D eigenvalue weighted by atomic mass is 9.88. The molecule has 0 saturated carbocycles. The molecule has 0 aliphatic heterocycles. The van der Waals surface area contributed by atoms with Crippen LogP contribution in [0.5, 0.6) is 0 Å². The quantitative estimate of drug-likeness (QED) is 0.915. The summed E-state index contributed by atoms with van der Waals surface area (Å²) in [6.07, 6.45) is 2.84. The van der Waals surface area contributed by atoms with Gasteiger partial charge in [0.2, 0.25) is 0 Å². The number of hydrogen-bond acceptors (Lipinski definition) is 3. The van der Waals surface area contributed by atoms with E-state index < -0.39 is 0 Å². The highest BCUT2D eigenvalue weighted by Gasteiger charge is 2.26. The predicted molar refractivity (Wildman–Crippen MR) is 81.6 cm³/mol. The molecule has 1 aliphatic rings. The SMILES string of the molecule is Cc1ccc(NC(=O)c2noc3c2C[C@@H](C)CC3)cc1C. The Morgan fingerprint density at radius 3 is 2.90 bits per heavy atom. The van der Waals surface area contributed by atoms with Crippen LogP contribution in [0.3, 0.4) is 0 Å². The largest absolute Gasteiger partial charge is 0.360 e. The minimum Gasteiger partial charge on any atom is -0.360 e. The molecule has 0 bridgehead atoms. The summed E-state index contributed by atoms with van der Waals surface area (Å²) in [4.78, 5) is 12.4. The number of rotatable bonds is 2. The van der Waals surface area contributed by atoms with Crippen molar-refractivity contribution in [2.75, 3.05) is 5.32 Å². The van der Waals surface area contributed by atoms with Crippen molar-refractivity contribution in [1.29, 1.82) is 0 Å². The maximum absolute atomic E-state index is 12.4.